The predicted molar refractivity (Wildman–Crippen MR) is 496 cm³/mol. The summed E-state index contributed by atoms with van der Waals surface area (Å²) in [6.07, 6.45) is -28.4. The lowest BCUT2D eigenvalue weighted by molar-refractivity contribution is -0.215. The molecule has 31 atom stereocenters. The number of nitrogens with one attached hydrogen (secondary N) is 5. The normalized spacial score (nSPS) is 33.0. The van der Waals surface area contributed by atoms with E-state index in [1.165, 1.54) is 83.2 Å². The van der Waals surface area contributed by atoms with Crippen LogP contribution in [-0.4, -0.2) is 294 Å². The molecule has 8 fully saturated rings. The van der Waals surface area contributed by atoms with Gasteiger partial charge in [0.1, 0.15) is 133 Å². The summed E-state index contributed by atoms with van der Waals surface area (Å²) in [5.41, 5.74) is 13.7. The summed E-state index contributed by atoms with van der Waals surface area (Å²) in [7, 11) is -8.13. The fourth-order valence-electron chi connectivity index (χ4n) is 17.8. The Bertz CT molecular complexity index is 6940. The highest BCUT2D eigenvalue weighted by molar-refractivity contribution is 8.45. The maximum absolute atomic E-state index is 15.5. The van der Waals surface area contributed by atoms with Gasteiger partial charge in [-0.3, -0.25) is 116 Å². The largest absolute Gasteiger partial charge is 0.472 e. The van der Waals surface area contributed by atoms with Gasteiger partial charge in [-0.25, -0.2) is 66.7 Å². The number of methoxy groups -OCH3 is 2. The van der Waals surface area contributed by atoms with Crippen molar-refractivity contribution in [3.05, 3.63) is 139 Å². The van der Waals surface area contributed by atoms with E-state index in [-0.39, 0.29) is 88.5 Å². The molecule has 16 N–H and O–H groups in total. The number of hydrogen-bond donors (Lipinski definition) is 16. The van der Waals surface area contributed by atoms with Gasteiger partial charge in [-0.1, -0.05) is 49.0 Å². The molecule has 0 aliphatic carbocycles. The van der Waals surface area contributed by atoms with Crippen molar-refractivity contribution in [2.24, 2.45) is 16.5 Å². The second kappa shape index (κ2) is 41.9. The number of aliphatic imine (C=N–C) groups is 1. The molecule has 8 saturated heterocycles. The van der Waals surface area contributed by atoms with Crippen molar-refractivity contribution in [3.8, 4) is 0 Å². The average molecular weight is 2210 g/mol. The van der Waals surface area contributed by atoms with Crippen LogP contribution in [0.2, 0.25) is 0 Å². The van der Waals surface area contributed by atoms with Gasteiger partial charge in [0.2, 0.25) is 5.95 Å². The van der Waals surface area contributed by atoms with Crippen LogP contribution in [0.1, 0.15) is 92.6 Å². The van der Waals surface area contributed by atoms with E-state index in [0.717, 1.165) is 44.1 Å². The van der Waals surface area contributed by atoms with Gasteiger partial charge < -0.3 is 105 Å². The van der Waals surface area contributed by atoms with Crippen LogP contribution in [-0.2, 0) is 139 Å². The van der Waals surface area contributed by atoms with E-state index in [2.05, 4.69) is 109 Å². The molecule has 786 valence electrons. The Morgan fingerprint density at radius 3 is 1.53 bits per heavy atom. The number of nitrogen functional groups attached to an aromatic ring is 2. The Labute approximate surface area is 823 Å². The number of rotatable bonds is 43. The SMILES string of the molecule is COCCOC1[C@@H](OP(=O)(O)OC[C@]23O[C@@H](n4cnc5c(=O)[nH]c(N)nc54)C(O[C@H]2C)[C@H]3OP(=O)(S)OC[C@H]2O[C@@H](n3cc(C)c(=O)[nH]c3=O)C[C@H]2OP(=O)(S)OC[C@H]2O[C@@H](n3cc(C)c(=O)[nH]c3=O)C[C@H]2OP(=O)(S)OC)[C@@H](COP(=O)(O)O[C@@H]2C3O[C@@H](C)[C@]2(COP(=O)(S)O[C@@H]2C(OCCOC)[C@H](n4cnc5c(N)ncnc54)O[C@@H]2CO)O[C@H]3n2cnc3c2N=C(N)NC3N)O[C@H]1n1cc(C)c(=O)[nH]c1=O. The Kier molecular flexibility index (Phi) is 31.3. The van der Waals surface area contributed by atoms with E-state index in [0.29, 0.717) is 0 Å². The zero-order chi connectivity index (χ0) is 103. The van der Waals surface area contributed by atoms with Crippen molar-refractivity contribution >= 4 is 138 Å². The predicted octanol–water partition coefficient (Wildman–Crippen LogP) is 0.0313. The van der Waals surface area contributed by atoms with Gasteiger partial charge in [-0.05, 0) is 34.6 Å². The van der Waals surface area contributed by atoms with Crippen LogP contribution in [0.15, 0.2) is 82.5 Å². The standard InChI is InChI=1S/C71H98N22O40P6S4/c1-28-15-88(67(99)85-57(28)95)39-13-33(128-136(106,140)112-8)36(122-39)19-116-137(107,141)129-34-14-40(89-16-29(2)58(96)86-68(89)100)123-37(34)20-117-138(108,142)133-51-49-64(93-27-80-43-56(93)83-66(75)84-60(43)98)126-70(51,31(4)121-49)22-118-135(104,105)130-45-38(125-61(47(45)114-12-10-111-7)90-17-30(3)59(97)87-69(90)101)21-115-134(102,103)132-50-48-63(92-26-79-42-53(73)81-65(74)82-55(42)92)127-71(50,32(5)120-48)23-119-139(109,143)131-44-35(18-94)124-62(46(44)113-11-9-110-6)91-25-78-41-52(72)76-24-77-54(41)91/h15-17,24-27,31-40,44-51,53,61-64,94H,9-14,18-23,73H2,1-8H3,(H,102,103)(H,104,105)(H,106,140)(H,107,141)(H,108,142)(H,109,143)(H2,72,76,77)(H3,74,81,82)(H,85,95,99)(H,86,96,100)(H,87,97,101)(H3,75,83,84,98)/t31-,32-,33+,34+,35+,36+,37+,38+,39+,40+,44-,45-,46?,47?,48?,49?,50+,51+,53?,61+,62+,63+,64+,70-,71-,136?,137?,138?,139?/m0/s1. The van der Waals surface area contributed by atoms with Crippen molar-refractivity contribution in [1.82, 2.24) is 82.6 Å². The van der Waals surface area contributed by atoms with Crippen molar-refractivity contribution in [2.45, 2.75) is 200 Å². The third-order valence-electron chi connectivity index (χ3n) is 24.7. The number of guanidine groups is 1. The minimum absolute atomic E-state index is 0.00118. The molecular weight excluding hydrogens is 2120 g/mol. The first kappa shape index (κ1) is 107. The van der Waals surface area contributed by atoms with Crippen LogP contribution in [0.25, 0.3) is 22.3 Å². The van der Waals surface area contributed by atoms with E-state index in [1.807, 2.05) is 0 Å². The quantitative estimate of drug-likeness (QED) is 0.0136. The molecule has 143 heavy (non-hydrogen) atoms. The Morgan fingerprint density at radius 1 is 0.490 bits per heavy atom. The van der Waals surface area contributed by atoms with E-state index >= 15 is 18.3 Å². The molecule has 0 saturated carbocycles. The maximum Gasteiger partial charge on any atom is 0.472 e. The van der Waals surface area contributed by atoms with Crippen LogP contribution in [0.4, 0.5) is 17.6 Å². The third kappa shape index (κ3) is 21.9. The summed E-state index contributed by atoms with van der Waals surface area (Å²) in [5.74, 6) is -0.593. The highest BCUT2D eigenvalue weighted by atomic mass is 32.7. The minimum Gasteiger partial charge on any atom is -0.394 e. The number of aliphatic hydroxyl groups is 1. The molecule has 8 aromatic rings. The maximum atomic E-state index is 15.5. The van der Waals surface area contributed by atoms with Crippen LogP contribution in [0, 0.1) is 20.8 Å². The molecule has 4 bridgehead atoms. The van der Waals surface area contributed by atoms with Crippen molar-refractivity contribution in [1.29, 1.82) is 0 Å². The Hall–Kier alpha value is -7.32. The van der Waals surface area contributed by atoms with Gasteiger partial charge in [0.25, 0.3) is 22.2 Å². The van der Waals surface area contributed by atoms with Gasteiger partial charge in [-0.2, -0.15) is 9.98 Å². The van der Waals surface area contributed by atoms with Crippen LogP contribution in [0.3, 0.4) is 0 Å². The van der Waals surface area contributed by atoms with Crippen molar-refractivity contribution in [3.63, 3.8) is 0 Å². The van der Waals surface area contributed by atoms with E-state index in [4.69, 9.17) is 134 Å². The summed E-state index contributed by atoms with van der Waals surface area (Å²) in [4.78, 5) is 156. The molecule has 0 spiro atoms. The highest BCUT2D eigenvalue weighted by Gasteiger charge is 2.72. The summed E-state index contributed by atoms with van der Waals surface area (Å²) in [6.45, 7) is -19.0. The monoisotopic (exact) mass is 2210 g/mol. The second-order valence-electron chi connectivity index (χ2n) is 33.8. The first-order chi connectivity index (χ1) is 67.6. The summed E-state index contributed by atoms with van der Waals surface area (Å²) >= 11 is 17.0. The minimum atomic E-state index is -5.99. The molecule has 0 radical (unpaired) electrons. The van der Waals surface area contributed by atoms with E-state index in [9.17, 15) is 57.6 Å². The Balaban J connectivity index is 0.647. The topological polar surface area (TPSA) is 803 Å². The number of phosphoric acid groups is 2. The molecule has 9 aliphatic heterocycles. The number of imidazole rings is 3. The molecular formula is C71H98N22O40P6S4. The number of phosphoric ester groups is 2. The van der Waals surface area contributed by atoms with Gasteiger partial charge in [0.05, 0.1) is 97.3 Å². The zero-order valence-corrected chi connectivity index (χ0v) is 84.8. The number of aromatic amines is 4. The lowest BCUT2D eigenvalue weighted by Gasteiger charge is -2.37. The van der Waals surface area contributed by atoms with Crippen LogP contribution in [0.5, 0.6) is 0 Å². The smallest absolute Gasteiger partial charge is 0.394 e. The number of aliphatic hydroxyl groups excluding tert-OH is 1. The van der Waals surface area contributed by atoms with Gasteiger partial charge in [0.15, 0.2) is 59.3 Å². The summed E-state index contributed by atoms with van der Waals surface area (Å²) in [6, 6.07) is 0. The number of thiol groups is 4. The summed E-state index contributed by atoms with van der Waals surface area (Å²) < 4.78 is 241. The molecule has 17 rings (SSSR count). The third-order valence-corrected chi connectivity index (χ3v) is 33.2. The van der Waals surface area contributed by atoms with Gasteiger partial charge in [-0.15, -0.1) is 0 Å². The number of H-pyrrole nitrogens is 4. The van der Waals surface area contributed by atoms with Crippen molar-refractivity contribution in [2.75, 3.05) is 98.9 Å². The first-order valence-electron chi connectivity index (χ1n) is 43.1. The van der Waals surface area contributed by atoms with Crippen molar-refractivity contribution < 1.29 is 153 Å². The second-order valence-corrected chi connectivity index (χ2v) is 48.2. The molecule has 8 aromatic heterocycles. The number of aryl methyl sites for hydroxylation is 3. The highest BCUT2D eigenvalue weighted by Crippen LogP contribution is 2.66. The van der Waals surface area contributed by atoms with Crippen LogP contribution >= 0.6 is 91.8 Å². The number of anilines is 2. The number of aromatic nitrogens is 16. The lowest BCUT2D eigenvalue weighted by atomic mass is 9.94. The molecule has 9 aliphatic rings. The molecule has 0 aromatic carbocycles. The number of nitrogens with two attached hydrogens (primary N) is 4. The zero-order valence-electron chi connectivity index (χ0n) is 75.8. The van der Waals surface area contributed by atoms with Gasteiger partial charge in [0, 0.05) is 69.5 Å². The first-order valence-corrected chi connectivity index (χ1v) is 56.8. The molecule has 72 heteroatoms. The fourth-order valence-corrected chi connectivity index (χ4v) is 25.3. The summed E-state index contributed by atoms with van der Waals surface area (Å²) in [5, 5.41) is 13.6. The number of hydrogen-bond acceptors (Lipinski definition) is 50. The van der Waals surface area contributed by atoms with Crippen LogP contribution < -0.4 is 67.6 Å². The number of ether oxygens (including phenoxy) is 12. The average Bonchev–Trinajstić information content (AvgIpc) is 1.54. The molecule has 0 amide bonds. The molecule has 62 nitrogen and oxygen atoms in total. The number of nitrogens with zero attached hydrogens (tertiary/aromatic N) is 13. The number of fused-ring (bicyclic) bond motifs is 7. The van der Waals surface area contributed by atoms with Gasteiger partial charge >= 0.3 is 59.9 Å². The fraction of sp³-hybridized carbons (Fsp3) is 0.634. The lowest BCUT2D eigenvalue weighted by Crippen LogP contribution is -2.50. The van der Waals surface area contributed by atoms with E-state index in [1.54, 1.807) is 0 Å². The molecule has 17 heterocycles. The molecule has 11 unspecified atom stereocenters. The van der Waals surface area contributed by atoms with E-state index < -0.39 is 293 Å². The Morgan fingerprint density at radius 2 is 0.965 bits per heavy atom.